The molecule has 0 aliphatic carbocycles. The lowest BCUT2D eigenvalue weighted by atomic mass is 10.2. The van der Waals surface area contributed by atoms with Crippen molar-refractivity contribution in [3.63, 3.8) is 0 Å². The minimum Gasteiger partial charge on any atom is -0.363 e. The van der Waals surface area contributed by atoms with Crippen LogP contribution < -0.4 is 5.73 Å². The molecule has 0 radical (unpaired) electrons. The lowest BCUT2D eigenvalue weighted by molar-refractivity contribution is -0.114. The van der Waals surface area contributed by atoms with Crippen molar-refractivity contribution in [2.75, 3.05) is 26.2 Å². The topological polar surface area (TPSA) is 114 Å². The van der Waals surface area contributed by atoms with Crippen molar-refractivity contribution in [3.05, 3.63) is 65.9 Å². The summed E-state index contributed by atoms with van der Waals surface area (Å²) in [6.45, 7) is 3.59. The van der Waals surface area contributed by atoms with E-state index < -0.39 is 11.7 Å². The van der Waals surface area contributed by atoms with Crippen molar-refractivity contribution >= 4 is 23.2 Å². The fourth-order valence-electron chi connectivity index (χ4n) is 3.40. The van der Waals surface area contributed by atoms with Crippen LogP contribution in [0, 0.1) is 0 Å². The van der Waals surface area contributed by atoms with Gasteiger partial charge in [0, 0.05) is 45.1 Å². The molecule has 9 nitrogen and oxygen atoms in total. The van der Waals surface area contributed by atoms with Crippen LogP contribution in [-0.4, -0.2) is 67.9 Å². The Morgan fingerprint density at radius 1 is 0.966 bits per heavy atom. The average Bonchev–Trinajstić information content (AvgIpc) is 3.17. The molecule has 0 spiro atoms. The fraction of sp³-hybridized carbons (Fsp3) is 0.250. The molecular formula is C20H20N6O3. The van der Waals surface area contributed by atoms with Gasteiger partial charge in [0.15, 0.2) is 11.5 Å². The maximum absolute atomic E-state index is 12.9. The number of ketones is 1. The molecule has 1 aliphatic heterocycles. The first-order valence-electron chi connectivity index (χ1n) is 9.26. The Hall–Kier alpha value is -3.59. The summed E-state index contributed by atoms with van der Waals surface area (Å²) in [7, 11) is 0. The van der Waals surface area contributed by atoms with E-state index in [2.05, 4.69) is 27.0 Å². The number of imidazole rings is 1. The number of nitrogens with zero attached hydrogens (tertiary/aromatic N) is 5. The average molecular weight is 392 g/mol. The van der Waals surface area contributed by atoms with E-state index in [9.17, 15) is 14.4 Å². The van der Waals surface area contributed by atoms with Gasteiger partial charge in [0.2, 0.25) is 0 Å². The standard InChI is InChI=1S/C20H20N6O3/c21-18(28)17(27)19-23-11-16-22-10-15(13-26(16)19)20(29)25-8-6-24(7-9-25)12-14-4-2-1-3-5-14/h1-5,10-11,13H,6-9,12H2,(H2,21,28). The number of carbonyl (C=O) groups is 3. The van der Waals surface area contributed by atoms with E-state index in [0.717, 1.165) is 19.6 Å². The maximum atomic E-state index is 12.9. The largest absolute Gasteiger partial charge is 0.363 e. The number of primary amides is 1. The first-order chi connectivity index (χ1) is 14.0. The van der Waals surface area contributed by atoms with Gasteiger partial charge in [0.25, 0.3) is 17.6 Å². The number of fused-ring (bicyclic) bond motifs is 1. The van der Waals surface area contributed by atoms with Crippen LogP contribution in [0.4, 0.5) is 0 Å². The highest BCUT2D eigenvalue weighted by molar-refractivity contribution is 6.41. The molecule has 0 bridgehead atoms. The van der Waals surface area contributed by atoms with E-state index in [1.54, 1.807) is 4.90 Å². The molecule has 2 aromatic heterocycles. The summed E-state index contributed by atoms with van der Waals surface area (Å²) >= 11 is 0. The van der Waals surface area contributed by atoms with Crippen LogP contribution in [0.25, 0.3) is 5.65 Å². The van der Waals surface area contributed by atoms with Gasteiger partial charge in [-0.05, 0) is 5.56 Å². The van der Waals surface area contributed by atoms with Gasteiger partial charge in [-0.1, -0.05) is 30.3 Å². The Bertz CT molecular complexity index is 1070. The second-order valence-electron chi connectivity index (χ2n) is 6.90. The molecule has 1 fully saturated rings. The van der Waals surface area contributed by atoms with Gasteiger partial charge in [-0.15, -0.1) is 0 Å². The highest BCUT2D eigenvalue weighted by atomic mass is 16.2. The first-order valence-corrected chi connectivity index (χ1v) is 9.26. The van der Waals surface area contributed by atoms with Gasteiger partial charge in [-0.25, -0.2) is 9.97 Å². The zero-order valence-electron chi connectivity index (χ0n) is 15.7. The normalized spacial score (nSPS) is 14.8. The highest BCUT2D eigenvalue weighted by Crippen LogP contribution is 2.13. The number of amides is 2. The molecule has 29 heavy (non-hydrogen) atoms. The van der Waals surface area contributed by atoms with Crippen LogP contribution in [0.3, 0.4) is 0 Å². The summed E-state index contributed by atoms with van der Waals surface area (Å²) in [4.78, 5) is 48.1. The minimum absolute atomic E-state index is 0.151. The first kappa shape index (κ1) is 18.8. The molecule has 0 unspecified atom stereocenters. The van der Waals surface area contributed by atoms with Crippen LogP contribution >= 0.6 is 0 Å². The predicted octanol–water partition coefficient (Wildman–Crippen LogP) is 0.355. The Balaban J connectivity index is 1.46. The fourth-order valence-corrected chi connectivity index (χ4v) is 3.40. The Morgan fingerprint density at radius 3 is 2.38 bits per heavy atom. The monoisotopic (exact) mass is 392 g/mol. The molecule has 0 atom stereocenters. The van der Waals surface area contributed by atoms with E-state index in [-0.39, 0.29) is 11.7 Å². The van der Waals surface area contributed by atoms with E-state index in [0.29, 0.717) is 24.3 Å². The SMILES string of the molecule is NC(=O)C(=O)c1ncc2ncc(C(=O)N3CCN(Cc4ccccc4)CC3)cn12. The zero-order valence-corrected chi connectivity index (χ0v) is 15.7. The summed E-state index contributed by atoms with van der Waals surface area (Å²) in [6, 6.07) is 10.2. The van der Waals surface area contributed by atoms with Crippen LogP contribution in [0.2, 0.25) is 0 Å². The van der Waals surface area contributed by atoms with Crippen LogP contribution in [0.15, 0.2) is 48.9 Å². The van der Waals surface area contributed by atoms with Crippen molar-refractivity contribution in [2.24, 2.45) is 5.73 Å². The number of hydrogen-bond acceptors (Lipinski definition) is 6. The van der Waals surface area contributed by atoms with Crippen molar-refractivity contribution in [1.82, 2.24) is 24.2 Å². The molecule has 0 saturated carbocycles. The quantitative estimate of drug-likeness (QED) is 0.495. The number of piperazine rings is 1. The van der Waals surface area contributed by atoms with Crippen molar-refractivity contribution < 1.29 is 14.4 Å². The molecular weight excluding hydrogens is 372 g/mol. The number of benzene rings is 1. The third-order valence-electron chi connectivity index (χ3n) is 4.96. The zero-order chi connectivity index (χ0) is 20.4. The predicted molar refractivity (Wildman–Crippen MR) is 104 cm³/mol. The molecule has 148 valence electrons. The Kier molecular flexibility index (Phi) is 5.05. The second kappa shape index (κ2) is 7.80. The van der Waals surface area contributed by atoms with E-state index >= 15 is 0 Å². The summed E-state index contributed by atoms with van der Waals surface area (Å²) < 4.78 is 1.33. The molecule has 1 saturated heterocycles. The molecule has 3 aromatic rings. The van der Waals surface area contributed by atoms with Gasteiger partial charge in [0.05, 0.1) is 11.8 Å². The molecule has 3 heterocycles. The Labute approximate surface area is 166 Å². The molecule has 2 N–H and O–H groups in total. The van der Waals surface area contributed by atoms with Crippen molar-refractivity contribution in [1.29, 1.82) is 0 Å². The highest BCUT2D eigenvalue weighted by Gasteiger charge is 2.24. The smallest absolute Gasteiger partial charge is 0.293 e. The molecule has 4 rings (SSSR count). The van der Waals surface area contributed by atoms with Gasteiger partial charge in [-0.2, -0.15) is 0 Å². The molecule has 9 heteroatoms. The van der Waals surface area contributed by atoms with E-state index in [4.69, 9.17) is 5.73 Å². The third kappa shape index (κ3) is 3.85. The number of Topliss-reactive ketones (excluding diaryl/α,β-unsaturated/α-hetero) is 1. The van der Waals surface area contributed by atoms with Gasteiger partial charge in [-0.3, -0.25) is 23.7 Å². The minimum atomic E-state index is -1.11. The van der Waals surface area contributed by atoms with Gasteiger partial charge in [0.1, 0.15) is 0 Å². The molecule has 1 aliphatic rings. The number of rotatable bonds is 5. The maximum Gasteiger partial charge on any atom is 0.293 e. The molecule has 2 amide bonds. The Morgan fingerprint density at radius 2 is 1.69 bits per heavy atom. The number of nitrogens with two attached hydrogens (primary N) is 1. The lowest BCUT2D eigenvalue weighted by Crippen LogP contribution is -2.48. The van der Waals surface area contributed by atoms with E-state index in [1.165, 1.54) is 28.6 Å². The van der Waals surface area contributed by atoms with Crippen LogP contribution in [0.5, 0.6) is 0 Å². The third-order valence-corrected chi connectivity index (χ3v) is 4.96. The summed E-state index contributed by atoms with van der Waals surface area (Å²) in [5.41, 5.74) is 6.99. The number of aromatic nitrogens is 3. The van der Waals surface area contributed by atoms with Crippen molar-refractivity contribution in [2.45, 2.75) is 6.54 Å². The summed E-state index contributed by atoms with van der Waals surface area (Å²) in [5, 5.41) is 0. The van der Waals surface area contributed by atoms with Crippen LogP contribution in [0.1, 0.15) is 26.5 Å². The van der Waals surface area contributed by atoms with Crippen molar-refractivity contribution in [3.8, 4) is 0 Å². The lowest BCUT2D eigenvalue weighted by Gasteiger charge is -2.34. The summed E-state index contributed by atoms with van der Waals surface area (Å²) in [6.07, 6.45) is 4.28. The number of carbonyl (C=O) groups excluding carboxylic acids is 3. The second-order valence-corrected chi connectivity index (χ2v) is 6.90. The van der Waals surface area contributed by atoms with Gasteiger partial charge >= 0.3 is 0 Å². The number of hydrogen-bond donors (Lipinski definition) is 1. The summed E-state index contributed by atoms with van der Waals surface area (Å²) in [5.74, 6) is -2.36. The van der Waals surface area contributed by atoms with Crippen LogP contribution in [-0.2, 0) is 11.3 Å². The molecule has 1 aromatic carbocycles. The van der Waals surface area contributed by atoms with E-state index in [1.807, 2.05) is 18.2 Å². The van der Waals surface area contributed by atoms with Gasteiger partial charge < -0.3 is 10.6 Å².